The summed E-state index contributed by atoms with van der Waals surface area (Å²) in [7, 11) is 1.76. The molecule has 22 heavy (non-hydrogen) atoms. The Morgan fingerprint density at radius 2 is 1.82 bits per heavy atom. The van der Waals surface area contributed by atoms with Crippen molar-refractivity contribution in [2.75, 3.05) is 40.0 Å². The molecule has 5 nitrogen and oxygen atoms in total. The van der Waals surface area contributed by atoms with E-state index >= 15 is 0 Å². The molecule has 0 bridgehead atoms. The standard InChI is InChI=1S/C16H25N3O2.HI/c1-17-16(18-9-11-20-13-14-7-8-14)19-10-12-21-15-5-3-2-4-6-15;/h2-6,14H,7-13H2,1H3,(H2,17,18,19);1H. The maximum absolute atomic E-state index is 5.61. The summed E-state index contributed by atoms with van der Waals surface area (Å²) in [6.07, 6.45) is 2.66. The van der Waals surface area contributed by atoms with Crippen molar-refractivity contribution >= 4 is 29.9 Å². The minimum Gasteiger partial charge on any atom is -0.492 e. The molecule has 6 heteroatoms. The first-order valence-electron chi connectivity index (χ1n) is 7.58. The lowest BCUT2D eigenvalue weighted by Gasteiger charge is -2.12. The number of aliphatic imine (C=N–C) groups is 1. The van der Waals surface area contributed by atoms with Gasteiger partial charge in [0.1, 0.15) is 12.4 Å². The molecule has 0 heterocycles. The van der Waals surface area contributed by atoms with Gasteiger partial charge < -0.3 is 20.1 Å². The molecule has 0 spiro atoms. The number of ether oxygens (including phenoxy) is 2. The molecule has 0 aliphatic heterocycles. The molecule has 2 rings (SSSR count). The molecule has 0 saturated heterocycles. The van der Waals surface area contributed by atoms with Gasteiger partial charge in [-0.1, -0.05) is 18.2 Å². The van der Waals surface area contributed by atoms with E-state index in [1.165, 1.54) is 12.8 Å². The largest absolute Gasteiger partial charge is 0.492 e. The zero-order valence-electron chi connectivity index (χ0n) is 13.1. The van der Waals surface area contributed by atoms with E-state index in [-0.39, 0.29) is 24.0 Å². The van der Waals surface area contributed by atoms with Gasteiger partial charge in [-0.05, 0) is 30.9 Å². The van der Waals surface area contributed by atoms with Crippen LogP contribution < -0.4 is 15.4 Å². The Morgan fingerprint density at radius 1 is 1.14 bits per heavy atom. The van der Waals surface area contributed by atoms with Gasteiger partial charge in [-0.3, -0.25) is 4.99 Å². The van der Waals surface area contributed by atoms with Gasteiger partial charge in [0.25, 0.3) is 0 Å². The maximum Gasteiger partial charge on any atom is 0.191 e. The molecule has 1 aromatic carbocycles. The van der Waals surface area contributed by atoms with Crippen molar-refractivity contribution in [2.24, 2.45) is 10.9 Å². The third-order valence-electron chi connectivity index (χ3n) is 3.22. The Hall–Kier alpha value is -1.02. The summed E-state index contributed by atoms with van der Waals surface area (Å²) in [5.41, 5.74) is 0. The number of para-hydroxylation sites is 1. The summed E-state index contributed by atoms with van der Waals surface area (Å²) in [6.45, 7) is 3.70. The van der Waals surface area contributed by atoms with Crippen LogP contribution in [0.4, 0.5) is 0 Å². The van der Waals surface area contributed by atoms with Gasteiger partial charge in [-0.2, -0.15) is 0 Å². The lowest BCUT2D eigenvalue weighted by atomic mass is 10.3. The molecule has 0 atom stereocenters. The highest BCUT2D eigenvalue weighted by Crippen LogP contribution is 2.28. The normalized spacial score (nSPS) is 14.1. The van der Waals surface area contributed by atoms with Crippen LogP contribution >= 0.6 is 24.0 Å². The van der Waals surface area contributed by atoms with Crippen molar-refractivity contribution < 1.29 is 9.47 Å². The van der Waals surface area contributed by atoms with Gasteiger partial charge in [0.2, 0.25) is 0 Å². The number of rotatable bonds is 9. The fourth-order valence-electron chi connectivity index (χ4n) is 1.85. The summed E-state index contributed by atoms with van der Waals surface area (Å²) >= 11 is 0. The maximum atomic E-state index is 5.61. The second-order valence-electron chi connectivity index (χ2n) is 5.11. The average molecular weight is 419 g/mol. The Balaban J connectivity index is 0.00000242. The minimum atomic E-state index is 0. The van der Waals surface area contributed by atoms with Crippen molar-refractivity contribution in [1.82, 2.24) is 10.6 Å². The first-order chi connectivity index (χ1) is 10.4. The van der Waals surface area contributed by atoms with E-state index in [1.807, 2.05) is 30.3 Å². The van der Waals surface area contributed by atoms with Crippen LogP contribution in [0.15, 0.2) is 35.3 Å². The quantitative estimate of drug-likeness (QED) is 0.279. The first kappa shape index (κ1) is 19.0. The molecule has 1 aliphatic carbocycles. The zero-order valence-corrected chi connectivity index (χ0v) is 15.4. The van der Waals surface area contributed by atoms with Gasteiger partial charge in [-0.25, -0.2) is 0 Å². The predicted octanol–water partition coefficient (Wildman–Crippen LogP) is 2.27. The number of guanidine groups is 1. The minimum absolute atomic E-state index is 0. The fraction of sp³-hybridized carbons (Fsp3) is 0.562. The summed E-state index contributed by atoms with van der Waals surface area (Å²) in [5, 5.41) is 6.43. The topological polar surface area (TPSA) is 54.9 Å². The van der Waals surface area contributed by atoms with Crippen molar-refractivity contribution in [1.29, 1.82) is 0 Å². The molecule has 124 valence electrons. The third-order valence-corrected chi connectivity index (χ3v) is 3.22. The lowest BCUT2D eigenvalue weighted by Crippen LogP contribution is -2.40. The third kappa shape index (κ3) is 8.43. The van der Waals surface area contributed by atoms with Crippen LogP contribution in [0.1, 0.15) is 12.8 Å². The van der Waals surface area contributed by atoms with E-state index in [0.29, 0.717) is 13.2 Å². The second kappa shape index (κ2) is 11.5. The smallest absolute Gasteiger partial charge is 0.191 e. The molecule has 0 amide bonds. The number of nitrogens with zero attached hydrogens (tertiary/aromatic N) is 1. The Bertz CT molecular complexity index is 425. The van der Waals surface area contributed by atoms with Gasteiger partial charge >= 0.3 is 0 Å². The second-order valence-corrected chi connectivity index (χ2v) is 5.11. The Labute approximate surface area is 149 Å². The number of hydrogen-bond acceptors (Lipinski definition) is 3. The van der Waals surface area contributed by atoms with Crippen molar-refractivity contribution in [3.63, 3.8) is 0 Å². The highest BCUT2D eigenvalue weighted by molar-refractivity contribution is 14.0. The lowest BCUT2D eigenvalue weighted by molar-refractivity contribution is 0.129. The Morgan fingerprint density at radius 3 is 2.45 bits per heavy atom. The average Bonchev–Trinajstić information content (AvgIpc) is 3.34. The Kier molecular flexibility index (Phi) is 9.98. The molecule has 0 radical (unpaired) electrons. The van der Waals surface area contributed by atoms with Crippen molar-refractivity contribution in [3.8, 4) is 5.75 Å². The van der Waals surface area contributed by atoms with E-state index in [1.54, 1.807) is 7.05 Å². The summed E-state index contributed by atoms with van der Waals surface area (Å²) in [4.78, 5) is 4.16. The molecule has 0 unspecified atom stereocenters. The summed E-state index contributed by atoms with van der Waals surface area (Å²) in [5.74, 6) is 2.48. The van der Waals surface area contributed by atoms with Gasteiger partial charge in [0, 0.05) is 20.2 Å². The van der Waals surface area contributed by atoms with Gasteiger partial charge in [0.05, 0.1) is 13.2 Å². The van der Waals surface area contributed by atoms with Crippen LogP contribution in [0.3, 0.4) is 0 Å². The highest BCUT2D eigenvalue weighted by Gasteiger charge is 2.20. The summed E-state index contributed by atoms with van der Waals surface area (Å²) < 4.78 is 11.2. The summed E-state index contributed by atoms with van der Waals surface area (Å²) in [6, 6.07) is 9.80. The molecule has 0 aromatic heterocycles. The van der Waals surface area contributed by atoms with Crippen LogP contribution in [0.2, 0.25) is 0 Å². The van der Waals surface area contributed by atoms with E-state index in [2.05, 4.69) is 15.6 Å². The molecular formula is C16H26IN3O2. The van der Waals surface area contributed by atoms with Crippen LogP contribution in [-0.2, 0) is 4.74 Å². The number of halogens is 1. The first-order valence-corrected chi connectivity index (χ1v) is 7.58. The van der Waals surface area contributed by atoms with Crippen LogP contribution in [0, 0.1) is 5.92 Å². The van der Waals surface area contributed by atoms with Gasteiger partial charge in [0.15, 0.2) is 5.96 Å². The molecule has 2 N–H and O–H groups in total. The fourth-order valence-corrected chi connectivity index (χ4v) is 1.85. The number of nitrogens with one attached hydrogen (secondary N) is 2. The van der Waals surface area contributed by atoms with E-state index in [4.69, 9.17) is 9.47 Å². The molecule has 1 fully saturated rings. The van der Waals surface area contributed by atoms with Crippen LogP contribution in [-0.4, -0.2) is 45.9 Å². The SMILES string of the molecule is CN=C(NCCOCC1CC1)NCCOc1ccccc1.I. The van der Waals surface area contributed by atoms with Crippen LogP contribution in [0.5, 0.6) is 5.75 Å². The molecular weight excluding hydrogens is 393 g/mol. The number of benzene rings is 1. The van der Waals surface area contributed by atoms with Crippen molar-refractivity contribution in [3.05, 3.63) is 30.3 Å². The van der Waals surface area contributed by atoms with E-state index in [9.17, 15) is 0 Å². The highest BCUT2D eigenvalue weighted by atomic mass is 127. The molecule has 1 saturated carbocycles. The van der Waals surface area contributed by atoms with Gasteiger partial charge in [-0.15, -0.1) is 24.0 Å². The van der Waals surface area contributed by atoms with E-state index < -0.39 is 0 Å². The van der Waals surface area contributed by atoms with Crippen LogP contribution in [0.25, 0.3) is 0 Å². The van der Waals surface area contributed by atoms with Crippen molar-refractivity contribution in [2.45, 2.75) is 12.8 Å². The van der Waals surface area contributed by atoms with E-state index in [0.717, 1.165) is 37.4 Å². The zero-order chi connectivity index (χ0) is 14.8. The predicted molar refractivity (Wildman–Crippen MR) is 100 cm³/mol. The molecule has 1 aliphatic rings. The monoisotopic (exact) mass is 419 g/mol. The number of hydrogen-bond donors (Lipinski definition) is 2. The molecule has 1 aromatic rings.